The standard InChI is InChI=1S/C9H11N5O/c10-7-6-8(12-4-11-7)14(9(15)13-6)5-2-1-3-5/h4-5H,1-3H2,(H,13,15)(H2,10,11,12). The molecule has 6 nitrogen and oxygen atoms in total. The summed E-state index contributed by atoms with van der Waals surface area (Å²) >= 11 is 0. The van der Waals surface area contributed by atoms with Gasteiger partial charge < -0.3 is 10.7 Å². The predicted octanol–water partition coefficient (Wildman–Crippen LogP) is 0.427. The van der Waals surface area contributed by atoms with Gasteiger partial charge in [0, 0.05) is 6.04 Å². The highest BCUT2D eigenvalue weighted by Crippen LogP contribution is 2.32. The van der Waals surface area contributed by atoms with E-state index in [4.69, 9.17) is 5.73 Å². The highest BCUT2D eigenvalue weighted by atomic mass is 16.1. The van der Waals surface area contributed by atoms with Gasteiger partial charge in [0.15, 0.2) is 11.5 Å². The lowest BCUT2D eigenvalue weighted by molar-refractivity contribution is 0.313. The molecule has 6 heteroatoms. The summed E-state index contributed by atoms with van der Waals surface area (Å²) in [5, 5.41) is 0. The number of nitrogens with one attached hydrogen (secondary N) is 1. The van der Waals surface area contributed by atoms with Crippen molar-refractivity contribution >= 4 is 17.0 Å². The third-order valence-electron chi connectivity index (χ3n) is 2.98. The number of aromatic amines is 1. The van der Waals surface area contributed by atoms with Crippen molar-refractivity contribution < 1.29 is 0 Å². The molecule has 1 saturated carbocycles. The molecule has 3 rings (SSSR count). The van der Waals surface area contributed by atoms with E-state index in [1.54, 1.807) is 4.57 Å². The van der Waals surface area contributed by atoms with Crippen molar-refractivity contribution in [2.24, 2.45) is 0 Å². The lowest BCUT2D eigenvalue weighted by Crippen LogP contribution is -2.27. The highest BCUT2D eigenvalue weighted by Gasteiger charge is 2.24. The van der Waals surface area contributed by atoms with E-state index < -0.39 is 0 Å². The molecular weight excluding hydrogens is 194 g/mol. The molecule has 2 aromatic rings. The largest absolute Gasteiger partial charge is 0.382 e. The van der Waals surface area contributed by atoms with E-state index in [0.29, 0.717) is 17.0 Å². The minimum Gasteiger partial charge on any atom is -0.382 e. The van der Waals surface area contributed by atoms with Gasteiger partial charge in [-0.3, -0.25) is 4.57 Å². The van der Waals surface area contributed by atoms with Gasteiger partial charge in [-0.2, -0.15) is 0 Å². The van der Waals surface area contributed by atoms with Crippen LogP contribution in [0.4, 0.5) is 5.82 Å². The van der Waals surface area contributed by atoms with Gasteiger partial charge in [0.05, 0.1) is 0 Å². The van der Waals surface area contributed by atoms with Crippen molar-refractivity contribution in [2.75, 3.05) is 5.73 Å². The maximum absolute atomic E-state index is 11.7. The van der Waals surface area contributed by atoms with Crippen molar-refractivity contribution in [3.63, 3.8) is 0 Å². The Labute approximate surface area is 85.1 Å². The molecule has 0 saturated heterocycles. The first-order chi connectivity index (χ1) is 7.27. The summed E-state index contributed by atoms with van der Waals surface area (Å²) < 4.78 is 1.69. The Hall–Kier alpha value is -1.85. The van der Waals surface area contributed by atoms with Crippen LogP contribution in [0, 0.1) is 0 Å². The molecule has 0 amide bonds. The second-order valence-electron chi connectivity index (χ2n) is 3.84. The quantitative estimate of drug-likeness (QED) is 0.706. The topological polar surface area (TPSA) is 89.6 Å². The van der Waals surface area contributed by atoms with Gasteiger partial charge in [0.2, 0.25) is 0 Å². The first-order valence-electron chi connectivity index (χ1n) is 4.98. The number of hydrogen-bond donors (Lipinski definition) is 2. The van der Waals surface area contributed by atoms with Crippen LogP contribution in [0.25, 0.3) is 11.2 Å². The maximum atomic E-state index is 11.7. The Morgan fingerprint density at radius 2 is 2.27 bits per heavy atom. The maximum Gasteiger partial charge on any atom is 0.328 e. The van der Waals surface area contributed by atoms with Gasteiger partial charge in [-0.25, -0.2) is 14.8 Å². The summed E-state index contributed by atoms with van der Waals surface area (Å²) in [5.74, 6) is 0.329. The van der Waals surface area contributed by atoms with E-state index in [0.717, 1.165) is 12.8 Å². The molecule has 2 aromatic heterocycles. The molecule has 0 aromatic carbocycles. The van der Waals surface area contributed by atoms with E-state index >= 15 is 0 Å². The Kier molecular flexibility index (Phi) is 1.59. The lowest BCUT2D eigenvalue weighted by Gasteiger charge is -2.25. The molecule has 0 spiro atoms. The number of rotatable bonds is 1. The summed E-state index contributed by atoms with van der Waals surface area (Å²) in [6.45, 7) is 0. The zero-order chi connectivity index (χ0) is 10.4. The first-order valence-corrected chi connectivity index (χ1v) is 4.98. The van der Waals surface area contributed by atoms with Crippen LogP contribution in [-0.2, 0) is 0 Å². The molecule has 0 radical (unpaired) electrons. The van der Waals surface area contributed by atoms with Gasteiger partial charge in [-0.1, -0.05) is 0 Å². The second kappa shape index (κ2) is 2.82. The van der Waals surface area contributed by atoms with E-state index in [2.05, 4.69) is 15.0 Å². The minimum absolute atomic E-state index is 0.137. The fraction of sp³-hybridized carbons (Fsp3) is 0.444. The van der Waals surface area contributed by atoms with Crippen LogP contribution in [0.1, 0.15) is 25.3 Å². The van der Waals surface area contributed by atoms with Crippen LogP contribution in [0.5, 0.6) is 0 Å². The number of nitrogens with two attached hydrogens (primary N) is 1. The molecule has 0 unspecified atom stereocenters. The van der Waals surface area contributed by atoms with Gasteiger partial charge in [0.1, 0.15) is 11.8 Å². The zero-order valence-corrected chi connectivity index (χ0v) is 8.10. The molecule has 0 atom stereocenters. The Bertz CT molecular complexity index is 565. The average Bonchev–Trinajstić information content (AvgIpc) is 2.44. The average molecular weight is 205 g/mol. The summed E-state index contributed by atoms with van der Waals surface area (Å²) in [5.41, 5.74) is 6.70. The fourth-order valence-corrected chi connectivity index (χ4v) is 1.94. The molecule has 1 aliphatic rings. The van der Waals surface area contributed by atoms with Crippen molar-refractivity contribution in [1.82, 2.24) is 19.5 Å². The third-order valence-corrected chi connectivity index (χ3v) is 2.98. The third kappa shape index (κ3) is 1.07. The molecule has 78 valence electrons. The van der Waals surface area contributed by atoms with E-state index in [9.17, 15) is 4.79 Å². The summed E-state index contributed by atoms with van der Waals surface area (Å²) in [4.78, 5) is 22.4. The summed E-state index contributed by atoms with van der Waals surface area (Å²) in [6.07, 6.45) is 4.64. The van der Waals surface area contributed by atoms with Crippen LogP contribution in [0.2, 0.25) is 0 Å². The molecular formula is C9H11N5O. The lowest BCUT2D eigenvalue weighted by atomic mass is 9.93. The second-order valence-corrected chi connectivity index (χ2v) is 3.84. The normalized spacial score (nSPS) is 16.8. The fourth-order valence-electron chi connectivity index (χ4n) is 1.94. The number of H-pyrrole nitrogens is 1. The van der Waals surface area contributed by atoms with Crippen LogP contribution in [-0.4, -0.2) is 19.5 Å². The van der Waals surface area contributed by atoms with Crippen molar-refractivity contribution in [2.45, 2.75) is 25.3 Å². The van der Waals surface area contributed by atoms with Crippen LogP contribution < -0.4 is 11.4 Å². The number of aromatic nitrogens is 4. The van der Waals surface area contributed by atoms with Crippen LogP contribution in [0.15, 0.2) is 11.1 Å². The molecule has 0 bridgehead atoms. The van der Waals surface area contributed by atoms with E-state index in [-0.39, 0.29) is 11.7 Å². The van der Waals surface area contributed by atoms with E-state index in [1.165, 1.54) is 12.7 Å². The molecule has 0 aliphatic heterocycles. The number of nitrogens with zero attached hydrogens (tertiary/aromatic N) is 3. The highest BCUT2D eigenvalue weighted by molar-refractivity contribution is 5.81. The predicted molar refractivity (Wildman–Crippen MR) is 55.4 cm³/mol. The number of anilines is 1. The van der Waals surface area contributed by atoms with Crippen LogP contribution >= 0.6 is 0 Å². The van der Waals surface area contributed by atoms with Gasteiger partial charge >= 0.3 is 5.69 Å². The molecule has 1 aliphatic carbocycles. The zero-order valence-electron chi connectivity index (χ0n) is 8.10. The van der Waals surface area contributed by atoms with Gasteiger partial charge in [0.25, 0.3) is 0 Å². The Balaban J connectivity index is 2.32. The first kappa shape index (κ1) is 8.46. The van der Waals surface area contributed by atoms with Gasteiger partial charge in [-0.15, -0.1) is 0 Å². The number of hydrogen-bond acceptors (Lipinski definition) is 4. The van der Waals surface area contributed by atoms with Crippen molar-refractivity contribution in [3.8, 4) is 0 Å². The SMILES string of the molecule is Nc1ncnc2c1[nH]c(=O)n2C1CCC1. The smallest absolute Gasteiger partial charge is 0.328 e. The Morgan fingerprint density at radius 3 is 2.93 bits per heavy atom. The molecule has 15 heavy (non-hydrogen) atoms. The molecule has 2 heterocycles. The summed E-state index contributed by atoms with van der Waals surface area (Å²) in [6, 6.07) is 0.278. The van der Waals surface area contributed by atoms with Crippen molar-refractivity contribution in [3.05, 3.63) is 16.8 Å². The molecule has 3 N–H and O–H groups in total. The minimum atomic E-state index is -0.137. The summed E-state index contributed by atoms with van der Waals surface area (Å²) in [7, 11) is 0. The monoisotopic (exact) mass is 205 g/mol. The number of fused-ring (bicyclic) bond motifs is 1. The number of imidazole rings is 1. The van der Waals surface area contributed by atoms with Crippen LogP contribution in [0.3, 0.4) is 0 Å². The van der Waals surface area contributed by atoms with Gasteiger partial charge in [-0.05, 0) is 19.3 Å². The number of nitrogen functional groups attached to an aromatic ring is 1. The molecule has 1 fully saturated rings. The Morgan fingerprint density at radius 1 is 1.47 bits per heavy atom. The van der Waals surface area contributed by atoms with E-state index in [1.807, 2.05) is 0 Å². The van der Waals surface area contributed by atoms with Crippen molar-refractivity contribution in [1.29, 1.82) is 0 Å².